The SMILES string of the molecule is CC(C)CCCNC[C@H](O)[C@H](Cc1ccccc1)NC(=O)OC(C)(C)C. The number of carbonyl (C=O) groups is 1. The fraction of sp³-hybridized carbons (Fsp3) is 0.667. The number of hydrogen-bond acceptors (Lipinski definition) is 4. The second kappa shape index (κ2) is 11.2. The van der Waals surface area contributed by atoms with Gasteiger partial charge in [-0.15, -0.1) is 0 Å². The Morgan fingerprint density at radius 1 is 1.19 bits per heavy atom. The molecule has 0 saturated carbocycles. The molecule has 0 bridgehead atoms. The summed E-state index contributed by atoms with van der Waals surface area (Å²) in [7, 11) is 0. The van der Waals surface area contributed by atoms with Gasteiger partial charge in [0.2, 0.25) is 0 Å². The predicted molar refractivity (Wildman–Crippen MR) is 106 cm³/mol. The molecular weight excluding hydrogens is 328 g/mol. The molecule has 0 unspecified atom stereocenters. The van der Waals surface area contributed by atoms with Crippen LogP contribution in [0.5, 0.6) is 0 Å². The van der Waals surface area contributed by atoms with Crippen LogP contribution in [0.1, 0.15) is 53.0 Å². The van der Waals surface area contributed by atoms with Crippen LogP contribution in [0.15, 0.2) is 30.3 Å². The number of amides is 1. The van der Waals surface area contributed by atoms with Crippen molar-refractivity contribution in [3.63, 3.8) is 0 Å². The quantitative estimate of drug-likeness (QED) is 0.556. The largest absolute Gasteiger partial charge is 0.444 e. The molecule has 26 heavy (non-hydrogen) atoms. The number of rotatable bonds is 10. The van der Waals surface area contributed by atoms with E-state index in [4.69, 9.17) is 4.74 Å². The molecule has 5 heteroatoms. The highest BCUT2D eigenvalue weighted by Crippen LogP contribution is 2.10. The number of ether oxygens (including phenoxy) is 1. The van der Waals surface area contributed by atoms with Gasteiger partial charge in [-0.1, -0.05) is 44.2 Å². The molecule has 1 amide bonds. The molecule has 2 atom stereocenters. The number of aliphatic hydroxyl groups is 1. The van der Waals surface area contributed by atoms with Crippen molar-refractivity contribution in [3.8, 4) is 0 Å². The zero-order valence-electron chi connectivity index (χ0n) is 16.9. The second-order valence-corrected chi connectivity index (χ2v) is 8.25. The van der Waals surface area contributed by atoms with Gasteiger partial charge in [-0.05, 0) is 58.1 Å². The standard InChI is InChI=1S/C21H36N2O3/c1-16(2)10-9-13-22-15-19(24)18(14-17-11-7-6-8-12-17)23-20(25)26-21(3,4)5/h6-8,11-12,16,18-19,22,24H,9-10,13-15H2,1-5H3,(H,23,25)/t18-,19-/m0/s1. The van der Waals surface area contributed by atoms with E-state index in [0.717, 1.165) is 24.9 Å². The van der Waals surface area contributed by atoms with Gasteiger partial charge in [0.25, 0.3) is 0 Å². The molecule has 0 heterocycles. The molecule has 1 rings (SSSR count). The van der Waals surface area contributed by atoms with Crippen molar-refractivity contribution in [1.29, 1.82) is 0 Å². The molecule has 0 fully saturated rings. The van der Waals surface area contributed by atoms with E-state index in [0.29, 0.717) is 18.9 Å². The Balaban J connectivity index is 2.59. The first-order valence-electron chi connectivity index (χ1n) is 9.59. The fourth-order valence-corrected chi connectivity index (χ4v) is 2.64. The Morgan fingerprint density at radius 2 is 1.85 bits per heavy atom. The molecule has 0 radical (unpaired) electrons. The summed E-state index contributed by atoms with van der Waals surface area (Å²) in [4.78, 5) is 12.2. The zero-order valence-corrected chi connectivity index (χ0v) is 16.9. The molecule has 3 N–H and O–H groups in total. The number of nitrogens with one attached hydrogen (secondary N) is 2. The maximum atomic E-state index is 12.2. The van der Waals surface area contributed by atoms with Crippen LogP contribution in [0.4, 0.5) is 4.79 Å². The normalized spacial score (nSPS) is 14.1. The summed E-state index contributed by atoms with van der Waals surface area (Å²) in [6.45, 7) is 11.2. The number of aliphatic hydroxyl groups excluding tert-OH is 1. The molecule has 0 aliphatic heterocycles. The maximum absolute atomic E-state index is 12.2. The molecule has 148 valence electrons. The van der Waals surface area contributed by atoms with Crippen LogP contribution >= 0.6 is 0 Å². The van der Waals surface area contributed by atoms with Gasteiger partial charge in [-0.2, -0.15) is 0 Å². The van der Waals surface area contributed by atoms with E-state index in [-0.39, 0.29) is 0 Å². The van der Waals surface area contributed by atoms with Gasteiger partial charge in [-0.3, -0.25) is 0 Å². The van der Waals surface area contributed by atoms with Crippen molar-refractivity contribution < 1.29 is 14.6 Å². The van der Waals surface area contributed by atoms with Crippen molar-refractivity contribution in [2.75, 3.05) is 13.1 Å². The third kappa shape index (κ3) is 10.4. The van der Waals surface area contributed by atoms with Crippen LogP contribution in [-0.4, -0.2) is 42.0 Å². The second-order valence-electron chi connectivity index (χ2n) is 8.25. The van der Waals surface area contributed by atoms with Crippen LogP contribution in [-0.2, 0) is 11.2 Å². The van der Waals surface area contributed by atoms with Gasteiger partial charge in [0.15, 0.2) is 0 Å². The number of benzene rings is 1. The average molecular weight is 365 g/mol. The maximum Gasteiger partial charge on any atom is 0.407 e. The van der Waals surface area contributed by atoms with Crippen molar-refractivity contribution in [1.82, 2.24) is 10.6 Å². The summed E-state index contributed by atoms with van der Waals surface area (Å²) in [5, 5.41) is 16.7. The Morgan fingerprint density at radius 3 is 2.42 bits per heavy atom. The van der Waals surface area contributed by atoms with Crippen molar-refractivity contribution in [2.24, 2.45) is 5.92 Å². The number of hydrogen-bond donors (Lipinski definition) is 3. The van der Waals surface area contributed by atoms with Crippen LogP contribution in [0.3, 0.4) is 0 Å². The molecule has 0 spiro atoms. The van der Waals surface area contributed by atoms with E-state index in [1.165, 1.54) is 0 Å². The van der Waals surface area contributed by atoms with E-state index < -0.39 is 23.8 Å². The Labute approximate surface area is 158 Å². The van der Waals surface area contributed by atoms with E-state index >= 15 is 0 Å². The third-order valence-corrected chi connectivity index (χ3v) is 3.95. The minimum Gasteiger partial charge on any atom is -0.444 e. The highest BCUT2D eigenvalue weighted by atomic mass is 16.6. The molecular formula is C21H36N2O3. The molecule has 0 aromatic heterocycles. The molecule has 1 aromatic rings. The monoisotopic (exact) mass is 364 g/mol. The first kappa shape index (κ1) is 22.5. The highest BCUT2D eigenvalue weighted by molar-refractivity contribution is 5.68. The molecule has 0 aliphatic rings. The van der Waals surface area contributed by atoms with Gasteiger partial charge in [0.05, 0.1) is 12.1 Å². The topological polar surface area (TPSA) is 70.6 Å². The van der Waals surface area contributed by atoms with Crippen molar-refractivity contribution in [2.45, 2.75) is 71.6 Å². The van der Waals surface area contributed by atoms with Crippen molar-refractivity contribution >= 4 is 6.09 Å². The Bertz CT molecular complexity index is 512. The minimum atomic E-state index is -0.693. The summed E-state index contributed by atoms with van der Waals surface area (Å²) in [5.41, 5.74) is 0.494. The van der Waals surface area contributed by atoms with Gasteiger partial charge in [0, 0.05) is 6.54 Å². The van der Waals surface area contributed by atoms with Crippen LogP contribution < -0.4 is 10.6 Å². The van der Waals surface area contributed by atoms with Crippen LogP contribution in [0.2, 0.25) is 0 Å². The lowest BCUT2D eigenvalue weighted by Crippen LogP contribution is -2.50. The van der Waals surface area contributed by atoms with E-state index in [1.807, 2.05) is 51.1 Å². The highest BCUT2D eigenvalue weighted by Gasteiger charge is 2.24. The smallest absolute Gasteiger partial charge is 0.407 e. The first-order chi connectivity index (χ1) is 12.2. The zero-order chi connectivity index (χ0) is 19.6. The van der Waals surface area contributed by atoms with Gasteiger partial charge in [-0.25, -0.2) is 4.79 Å². The van der Waals surface area contributed by atoms with Crippen LogP contribution in [0, 0.1) is 5.92 Å². The Hall–Kier alpha value is -1.59. The van der Waals surface area contributed by atoms with Crippen molar-refractivity contribution in [3.05, 3.63) is 35.9 Å². The lowest BCUT2D eigenvalue weighted by molar-refractivity contribution is 0.0422. The number of alkyl carbamates (subject to hydrolysis) is 1. The third-order valence-electron chi connectivity index (χ3n) is 3.95. The lowest BCUT2D eigenvalue weighted by Gasteiger charge is -2.27. The van der Waals surface area contributed by atoms with Crippen LogP contribution in [0.25, 0.3) is 0 Å². The van der Waals surface area contributed by atoms with Gasteiger partial charge in [0.1, 0.15) is 5.60 Å². The fourth-order valence-electron chi connectivity index (χ4n) is 2.64. The van der Waals surface area contributed by atoms with Gasteiger partial charge < -0.3 is 20.5 Å². The molecule has 0 aliphatic carbocycles. The predicted octanol–water partition coefficient (Wildman–Crippen LogP) is 3.51. The molecule has 0 saturated heterocycles. The minimum absolute atomic E-state index is 0.412. The van der Waals surface area contributed by atoms with E-state index in [9.17, 15) is 9.90 Å². The Kier molecular flexibility index (Phi) is 9.66. The summed E-state index contributed by atoms with van der Waals surface area (Å²) in [6, 6.07) is 9.43. The average Bonchev–Trinajstić information content (AvgIpc) is 2.52. The number of carbonyl (C=O) groups excluding carboxylic acids is 1. The summed E-state index contributed by atoms with van der Waals surface area (Å²) >= 11 is 0. The summed E-state index contributed by atoms with van der Waals surface area (Å²) in [6.07, 6.45) is 1.59. The molecule has 1 aromatic carbocycles. The summed E-state index contributed by atoms with van der Waals surface area (Å²) in [5.74, 6) is 0.682. The molecule has 5 nitrogen and oxygen atoms in total. The van der Waals surface area contributed by atoms with Gasteiger partial charge >= 0.3 is 6.09 Å². The summed E-state index contributed by atoms with van der Waals surface area (Å²) < 4.78 is 5.34. The first-order valence-corrected chi connectivity index (χ1v) is 9.59. The van der Waals surface area contributed by atoms with E-state index in [2.05, 4.69) is 24.5 Å². The lowest BCUT2D eigenvalue weighted by atomic mass is 10.0. The van der Waals surface area contributed by atoms with E-state index in [1.54, 1.807) is 0 Å².